The zero-order valence-electron chi connectivity index (χ0n) is 12.9. The lowest BCUT2D eigenvalue weighted by molar-refractivity contribution is 0.355. The zero-order valence-corrected chi connectivity index (χ0v) is 12.9. The number of nitriles is 1. The van der Waals surface area contributed by atoms with Gasteiger partial charge in [-0.25, -0.2) is 4.68 Å². The molecule has 1 aromatic heterocycles. The molecule has 0 amide bonds. The Labute approximate surface area is 134 Å². The van der Waals surface area contributed by atoms with Crippen molar-refractivity contribution in [1.82, 2.24) is 9.78 Å². The summed E-state index contributed by atoms with van der Waals surface area (Å²) < 4.78 is 12.4. The molecule has 1 heterocycles. The second kappa shape index (κ2) is 6.24. The Morgan fingerprint density at radius 1 is 0.957 bits per heavy atom. The van der Waals surface area contributed by atoms with Gasteiger partial charge in [-0.05, 0) is 30.3 Å². The molecule has 0 atom stereocenters. The van der Waals surface area contributed by atoms with Gasteiger partial charge in [0.15, 0.2) is 17.2 Å². The van der Waals surface area contributed by atoms with Gasteiger partial charge >= 0.3 is 0 Å². The molecule has 23 heavy (non-hydrogen) atoms. The Morgan fingerprint density at radius 2 is 1.70 bits per heavy atom. The Hall–Kier alpha value is -3.26. The average Bonchev–Trinajstić information content (AvgIpc) is 3.06. The maximum Gasteiger partial charge on any atom is 0.163 e. The molecule has 0 saturated carbocycles. The summed E-state index contributed by atoms with van der Waals surface area (Å²) in [6, 6.07) is 19.2. The number of nitrogens with zero attached hydrogens (tertiary/aromatic N) is 3. The second-order valence-electron chi connectivity index (χ2n) is 4.84. The first-order valence-corrected chi connectivity index (χ1v) is 7.05. The maximum atomic E-state index is 9.18. The lowest BCUT2D eigenvalue weighted by atomic mass is 10.1. The minimum atomic E-state index is 0.360. The standard InChI is InChI=1S/C18H15N3O2/c1-22-17-9-8-13(10-18(17)23-2)16-11-14(12-19)20-21(16)15-6-4-3-5-7-15/h3-11H,1-2H3. The number of rotatable bonds is 4. The summed E-state index contributed by atoms with van der Waals surface area (Å²) in [6.07, 6.45) is 0. The Kier molecular flexibility index (Phi) is 3.98. The third kappa shape index (κ3) is 2.74. The van der Waals surface area contributed by atoms with E-state index < -0.39 is 0 Å². The molecule has 2 aromatic carbocycles. The highest BCUT2D eigenvalue weighted by molar-refractivity contribution is 5.67. The van der Waals surface area contributed by atoms with Crippen molar-refractivity contribution in [2.45, 2.75) is 0 Å². The molecule has 3 aromatic rings. The fourth-order valence-electron chi connectivity index (χ4n) is 2.40. The molecular formula is C18H15N3O2. The predicted octanol–water partition coefficient (Wildman–Crippen LogP) is 3.43. The normalized spacial score (nSPS) is 10.1. The van der Waals surface area contributed by atoms with Crippen LogP contribution in [0.25, 0.3) is 16.9 Å². The molecule has 0 radical (unpaired) electrons. The Morgan fingerprint density at radius 3 is 2.35 bits per heavy atom. The van der Waals surface area contributed by atoms with Crippen LogP contribution in [0, 0.1) is 11.3 Å². The number of para-hydroxylation sites is 1. The number of benzene rings is 2. The van der Waals surface area contributed by atoms with Crippen LogP contribution in [0.4, 0.5) is 0 Å². The van der Waals surface area contributed by atoms with Crippen LogP contribution in [0.3, 0.4) is 0 Å². The first-order chi connectivity index (χ1) is 11.3. The van der Waals surface area contributed by atoms with Crippen molar-refractivity contribution >= 4 is 0 Å². The topological polar surface area (TPSA) is 60.1 Å². The van der Waals surface area contributed by atoms with E-state index in [4.69, 9.17) is 9.47 Å². The molecule has 0 aliphatic carbocycles. The molecule has 0 aliphatic rings. The second-order valence-corrected chi connectivity index (χ2v) is 4.84. The summed E-state index contributed by atoms with van der Waals surface area (Å²) in [5.74, 6) is 1.28. The highest BCUT2D eigenvalue weighted by Gasteiger charge is 2.14. The highest BCUT2D eigenvalue weighted by Crippen LogP contribution is 2.33. The summed E-state index contributed by atoms with van der Waals surface area (Å²) in [4.78, 5) is 0. The van der Waals surface area contributed by atoms with Crippen molar-refractivity contribution in [2.75, 3.05) is 14.2 Å². The summed E-state index contributed by atoms with van der Waals surface area (Å²) in [5.41, 5.74) is 2.95. The van der Waals surface area contributed by atoms with Gasteiger partial charge in [-0.15, -0.1) is 0 Å². The average molecular weight is 305 g/mol. The van der Waals surface area contributed by atoms with Gasteiger partial charge in [0.05, 0.1) is 25.6 Å². The van der Waals surface area contributed by atoms with Crippen LogP contribution >= 0.6 is 0 Å². The summed E-state index contributed by atoms with van der Waals surface area (Å²) in [5, 5.41) is 13.5. The monoisotopic (exact) mass is 305 g/mol. The highest BCUT2D eigenvalue weighted by atomic mass is 16.5. The molecule has 0 saturated heterocycles. The summed E-state index contributed by atoms with van der Waals surface area (Å²) >= 11 is 0. The minimum Gasteiger partial charge on any atom is -0.493 e. The molecule has 3 rings (SSSR count). The van der Waals surface area contributed by atoms with Gasteiger partial charge in [0.25, 0.3) is 0 Å². The molecule has 0 fully saturated rings. The van der Waals surface area contributed by atoms with Gasteiger partial charge in [0.2, 0.25) is 0 Å². The van der Waals surface area contributed by atoms with Crippen LogP contribution in [-0.4, -0.2) is 24.0 Å². The smallest absolute Gasteiger partial charge is 0.163 e. The van der Waals surface area contributed by atoms with Gasteiger partial charge in [-0.1, -0.05) is 18.2 Å². The van der Waals surface area contributed by atoms with Gasteiger partial charge in [0, 0.05) is 11.6 Å². The predicted molar refractivity (Wildman–Crippen MR) is 86.8 cm³/mol. The van der Waals surface area contributed by atoms with Gasteiger partial charge in [-0.2, -0.15) is 10.4 Å². The third-order valence-electron chi connectivity index (χ3n) is 3.50. The number of hydrogen-bond donors (Lipinski definition) is 0. The van der Waals surface area contributed by atoms with E-state index in [0.29, 0.717) is 17.2 Å². The van der Waals surface area contributed by atoms with Crippen molar-refractivity contribution < 1.29 is 9.47 Å². The van der Waals surface area contributed by atoms with Gasteiger partial charge in [0.1, 0.15) is 6.07 Å². The minimum absolute atomic E-state index is 0.360. The third-order valence-corrected chi connectivity index (χ3v) is 3.50. The van der Waals surface area contributed by atoms with Crippen LogP contribution in [0.1, 0.15) is 5.69 Å². The molecular weight excluding hydrogens is 290 g/mol. The Balaban J connectivity index is 2.17. The van der Waals surface area contributed by atoms with Crippen LogP contribution in [0.15, 0.2) is 54.6 Å². The van der Waals surface area contributed by atoms with E-state index in [0.717, 1.165) is 16.9 Å². The van der Waals surface area contributed by atoms with Crippen LogP contribution in [0.2, 0.25) is 0 Å². The van der Waals surface area contributed by atoms with Gasteiger partial charge < -0.3 is 9.47 Å². The van der Waals surface area contributed by atoms with E-state index in [9.17, 15) is 5.26 Å². The van der Waals surface area contributed by atoms with Crippen molar-refractivity contribution in [2.24, 2.45) is 0 Å². The van der Waals surface area contributed by atoms with E-state index >= 15 is 0 Å². The molecule has 0 bridgehead atoms. The maximum absolute atomic E-state index is 9.18. The fraction of sp³-hybridized carbons (Fsp3) is 0.111. The molecule has 0 N–H and O–H groups in total. The molecule has 0 aliphatic heterocycles. The quantitative estimate of drug-likeness (QED) is 0.741. The SMILES string of the molecule is COc1ccc(-c2cc(C#N)nn2-c2ccccc2)cc1OC. The summed E-state index contributed by atoms with van der Waals surface area (Å²) in [7, 11) is 3.19. The molecule has 0 spiro atoms. The van der Waals surface area contributed by atoms with Crippen LogP contribution < -0.4 is 9.47 Å². The Bertz CT molecular complexity index is 864. The van der Waals surface area contributed by atoms with Crippen molar-refractivity contribution in [3.05, 3.63) is 60.3 Å². The fourth-order valence-corrected chi connectivity index (χ4v) is 2.40. The molecule has 5 heteroatoms. The van der Waals surface area contributed by atoms with E-state index in [1.807, 2.05) is 48.5 Å². The first-order valence-electron chi connectivity index (χ1n) is 7.05. The number of aromatic nitrogens is 2. The van der Waals surface area contributed by atoms with E-state index in [1.54, 1.807) is 25.0 Å². The van der Waals surface area contributed by atoms with Crippen molar-refractivity contribution in [3.8, 4) is 34.5 Å². The molecule has 5 nitrogen and oxygen atoms in total. The number of hydrogen-bond acceptors (Lipinski definition) is 4. The van der Waals surface area contributed by atoms with Crippen LogP contribution in [-0.2, 0) is 0 Å². The zero-order chi connectivity index (χ0) is 16.2. The number of ether oxygens (including phenoxy) is 2. The number of methoxy groups -OCH3 is 2. The van der Waals surface area contributed by atoms with E-state index in [1.165, 1.54) is 0 Å². The lowest BCUT2D eigenvalue weighted by Gasteiger charge is -2.11. The van der Waals surface area contributed by atoms with Crippen molar-refractivity contribution in [1.29, 1.82) is 5.26 Å². The first kappa shape index (κ1) is 14.7. The largest absolute Gasteiger partial charge is 0.493 e. The van der Waals surface area contributed by atoms with Crippen molar-refractivity contribution in [3.63, 3.8) is 0 Å². The summed E-state index contributed by atoms with van der Waals surface area (Å²) in [6.45, 7) is 0. The van der Waals surface area contributed by atoms with E-state index in [2.05, 4.69) is 11.2 Å². The van der Waals surface area contributed by atoms with Gasteiger partial charge in [-0.3, -0.25) is 0 Å². The lowest BCUT2D eigenvalue weighted by Crippen LogP contribution is -1.99. The molecule has 0 unspecified atom stereocenters. The van der Waals surface area contributed by atoms with Crippen LogP contribution in [0.5, 0.6) is 11.5 Å². The van der Waals surface area contributed by atoms with E-state index in [-0.39, 0.29) is 0 Å². The molecule has 114 valence electrons.